The minimum absolute atomic E-state index is 0.0267. The van der Waals surface area contributed by atoms with Crippen LogP contribution in [0.2, 0.25) is 0 Å². The summed E-state index contributed by atoms with van der Waals surface area (Å²) in [7, 11) is 0. The highest BCUT2D eigenvalue weighted by Gasteiger charge is 2.41. The number of likely N-dealkylation sites (tertiary alicyclic amines) is 1. The molecule has 164 valence electrons. The Morgan fingerprint density at radius 3 is 2.73 bits per heavy atom. The van der Waals surface area contributed by atoms with E-state index in [0.29, 0.717) is 17.4 Å². The summed E-state index contributed by atoms with van der Waals surface area (Å²) in [5.74, 6) is -0.233. The number of amides is 2. The van der Waals surface area contributed by atoms with Gasteiger partial charge in [-0.3, -0.25) is 20.4 Å². The third-order valence-corrected chi connectivity index (χ3v) is 6.73. The maximum atomic E-state index is 14.7. The number of fused-ring (bicyclic) bond motifs is 1. The second-order valence-electron chi connectivity index (χ2n) is 8.55. The number of morpholine rings is 1. The maximum absolute atomic E-state index is 14.7. The van der Waals surface area contributed by atoms with Crippen molar-refractivity contribution in [2.75, 3.05) is 57.8 Å². The van der Waals surface area contributed by atoms with E-state index in [9.17, 15) is 9.18 Å². The predicted molar refractivity (Wildman–Crippen MR) is 111 cm³/mol. The maximum Gasteiger partial charge on any atom is 0.321 e. The topological polar surface area (TPSA) is 72.1 Å². The Balaban J connectivity index is 1.25. The molecule has 4 heterocycles. The first-order chi connectivity index (χ1) is 14.7. The molecule has 0 aliphatic carbocycles. The number of hydrogen-bond donors (Lipinski definition) is 3. The van der Waals surface area contributed by atoms with Gasteiger partial charge in [-0.2, -0.15) is 0 Å². The molecule has 2 amide bonds. The Hall–Kier alpha value is -1.78. The molecule has 3 unspecified atom stereocenters. The van der Waals surface area contributed by atoms with Gasteiger partial charge >= 0.3 is 6.03 Å². The molecule has 0 aromatic heterocycles. The highest BCUT2D eigenvalue weighted by Crippen LogP contribution is 2.30. The second kappa shape index (κ2) is 8.76. The van der Waals surface area contributed by atoms with Gasteiger partial charge in [0.2, 0.25) is 0 Å². The number of halogens is 1. The van der Waals surface area contributed by atoms with Gasteiger partial charge in [0, 0.05) is 56.6 Å². The average molecular weight is 419 g/mol. The Morgan fingerprint density at radius 2 is 1.93 bits per heavy atom. The summed E-state index contributed by atoms with van der Waals surface area (Å²) in [6.45, 7) is 6.83. The summed E-state index contributed by atoms with van der Waals surface area (Å²) in [5, 5.41) is 10.0. The van der Waals surface area contributed by atoms with Crippen LogP contribution in [0.1, 0.15) is 30.9 Å². The van der Waals surface area contributed by atoms with Crippen molar-refractivity contribution in [3.63, 3.8) is 0 Å². The summed E-state index contributed by atoms with van der Waals surface area (Å²) in [6.07, 6.45) is 3.29. The highest BCUT2D eigenvalue weighted by molar-refractivity contribution is 5.89. The molecule has 4 saturated heterocycles. The molecule has 0 radical (unpaired) electrons. The number of ether oxygens (including phenoxy) is 1. The molecule has 4 aliphatic rings. The number of rotatable bonds is 3. The first kappa shape index (κ1) is 20.1. The van der Waals surface area contributed by atoms with E-state index in [2.05, 4.69) is 25.8 Å². The molecule has 5 rings (SSSR count). The van der Waals surface area contributed by atoms with Crippen molar-refractivity contribution in [3.8, 4) is 0 Å². The van der Waals surface area contributed by atoms with Crippen molar-refractivity contribution in [2.24, 2.45) is 0 Å². The zero-order chi connectivity index (χ0) is 20.5. The lowest BCUT2D eigenvalue weighted by atomic mass is 10.00. The Bertz CT molecular complexity index is 768. The quantitative estimate of drug-likeness (QED) is 0.688. The molecule has 0 saturated carbocycles. The van der Waals surface area contributed by atoms with Gasteiger partial charge in [0.25, 0.3) is 0 Å². The van der Waals surface area contributed by atoms with E-state index >= 15 is 0 Å². The summed E-state index contributed by atoms with van der Waals surface area (Å²) >= 11 is 0. The number of anilines is 1. The summed E-state index contributed by atoms with van der Waals surface area (Å²) in [5.41, 5.74) is 1.27. The molecule has 3 atom stereocenters. The number of carbonyl (C=O) groups excluding carboxylic acids is 1. The van der Waals surface area contributed by atoms with Gasteiger partial charge in [0.05, 0.1) is 19.4 Å². The fourth-order valence-electron chi connectivity index (χ4n) is 5.08. The Morgan fingerprint density at radius 1 is 1.13 bits per heavy atom. The molecule has 8 nitrogen and oxygen atoms in total. The minimum Gasteiger partial charge on any atom is -0.379 e. The molecule has 9 heteroatoms. The van der Waals surface area contributed by atoms with Gasteiger partial charge in [-0.25, -0.2) is 9.18 Å². The van der Waals surface area contributed by atoms with E-state index in [-0.39, 0.29) is 24.2 Å². The van der Waals surface area contributed by atoms with Gasteiger partial charge < -0.3 is 15.0 Å². The number of urea groups is 1. The van der Waals surface area contributed by atoms with Crippen molar-refractivity contribution in [1.29, 1.82) is 0 Å². The van der Waals surface area contributed by atoms with Gasteiger partial charge in [-0.1, -0.05) is 0 Å². The SMILES string of the molecule is O=C(Nc1ccc(F)c(C2CCN3C(NCC3N3CCOCC3)N2)c1)N1CCCC1. The third-order valence-electron chi connectivity index (χ3n) is 6.73. The summed E-state index contributed by atoms with van der Waals surface area (Å²) in [6, 6.07) is 4.70. The van der Waals surface area contributed by atoms with E-state index in [1.807, 2.05) is 4.90 Å². The van der Waals surface area contributed by atoms with Crippen molar-refractivity contribution < 1.29 is 13.9 Å². The molecule has 3 N–H and O–H groups in total. The highest BCUT2D eigenvalue weighted by atomic mass is 19.1. The van der Waals surface area contributed by atoms with Crippen LogP contribution in [0.25, 0.3) is 0 Å². The number of hydrogen-bond acceptors (Lipinski definition) is 6. The first-order valence-electron chi connectivity index (χ1n) is 11.1. The molecule has 30 heavy (non-hydrogen) atoms. The fourth-order valence-corrected chi connectivity index (χ4v) is 5.08. The Labute approximate surface area is 176 Å². The van der Waals surface area contributed by atoms with E-state index in [1.54, 1.807) is 12.1 Å². The van der Waals surface area contributed by atoms with Crippen molar-refractivity contribution in [1.82, 2.24) is 25.3 Å². The van der Waals surface area contributed by atoms with Crippen molar-refractivity contribution in [2.45, 2.75) is 37.8 Å². The van der Waals surface area contributed by atoms with Crippen molar-refractivity contribution in [3.05, 3.63) is 29.6 Å². The molecule has 1 aromatic rings. The van der Waals surface area contributed by atoms with Crippen LogP contribution in [0.3, 0.4) is 0 Å². The van der Waals surface area contributed by atoms with Gasteiger partial charge in [-0.05, 0) is 37.5 Å². The lowest BCUT2D eigenvalue weighted by molar-refractivity contribution is -0.0363. The summed E-state index contributed by atoms with van der Waals surface area (Å²) < 4.78 is 20.2. The summed E-state index contributed by atoms with van der Waals surface area (Å²) in [4.78, 5) is 19.1. The lowest BCUT2D eigenvalue weighted by Crippen LogP contribution is -2.59. The monoisotopic (exact) mass is 418 g/mol. The van der Waals surface area contributed by atoms with Gasteiger partial charge in [0.15, 0.2) is 0 Å². The van der Waals surface area contributed by atoms with Crippen LogP contribution in [-0.2, 0) is 4.74 Å². The molecular weight excluding hydrogens is 387 g/mol. The number of nitrogens with zero attached hydrogens (tertiary/aromatic N) is 3. The zero-order valence-electron chi connectivity index (χ0n) is 17.3. The largest absolute Gasteiger partial charge is 0.379 e. The molecule has 0 spiro atoms. The van der Waals surface area contributed by atoms with E-state index in [1.165, 1.54) is 6.07 Å². The normalized spacial score (nSPS) is 30.4. The van der Waals surface area contributed by atoms with Crippen LogP contribution in [0.5, 0.6) is 0 Å². The van der Waals surface area contributed by atoms with Crippen LogP contribution in [0, 0.1) is 5.82 Å². The standard InChI is InChI=1S/C21H31FN6O2/c22-17-4-3-15(24-21(29)27-6-1-2-7-27)13-16(17)18-5-8-28-19(14-23-20(28)25-18)26-9-11-30-12-10-26/h3-4,13,18-20,23,25H,1-2,5-12,14H2,(H,24,29). The van der Waals surface area contributed by atoms with Crippen LogP contribution in [0.15, 0.2) is 18.2 Å². The smallest absolute Gasteiger partial charge is 0.321 e. The van der Waals surface area contributed by atoms with E-state index in [4.69, 9.17) is 4.74 Å². The zero-order valence-corrected chi connectivity index (χ0v) is 17.3. The number of nitrogens with one attached hydrogen (secondary N) is 3. The number of benzene rings is 1. The van der Waals surface area contributed by atoms with Crippen LogP contribution < -0.4 is 16.0 Å². The number of carbonyl (C=O) groups is 1. The van der Waals surface area contributed by atoms with Gasteiger partial charge in [0.1, 0.15) is 12.1 Å². The fraction of sp³-hybridized carbons (Fsp3) is 0.667. The molecule has 4 aliphatic heterocycles. The van der Waals surface area contributed by atoms with Gasteiger partial charge in [-0.15, -0.1) is 0 Å². The lowest BCUT2D eigenvalue weighted by Gasteiger charge is -2.42. The van der Waals surface area contributed by atoms with Crippen molar-refractivity contribution >= 4 is 11.7 Å². The van der Waals surface area contributed by atoms with Crippen LogP contribution in [-0.4, -0.2) is 85.7 Å². The van der Waals surface area contributed by atoms with Crippen LogP contribution >= 0.6 is 0 Å². The molecular formula is C21H31FN6O2. The molecule has 1 aromatic carbocycles. The predicted octanol–water partition coefficient (Wildman–Crippen LogP) is 1.33. The first-order valence-corrected chi connectivity index (χ1v) is 11.1. The third kappa shape index (κ3) is 4.04. The second-order valence-corrected chi connectivity index (χ2v) is 8.55. The Kier molecular flexibility index (Phi) is 5.88. The van der Waals surface area contributed by atoms with Crippen LogP contribution in [0.4, 0.5) is 14.9 Å². The minimum atomic E-state index is -0.233. The molecule has 4 fully saturated rings. The van der Waals surface area contributed by atoms with E-state index < -0.39 is 0 Å². The average Bonchev–Trinajstić information content (AvgIpc) is 3.45. The van der Waals surface area contributed by atoms with E-state index in [0.717, 1.165) is 71.7 Å². The molecule has 0 bridgehead atoms.